The molecular weight excluding hydrogens is 284 g/mol. The predicted octanol–water partition coefficient (Wildman–Crippen LogP) is 7.36. The van der Waals surface area contributed by atoms with Crippen LogP contribution in [0.15, 0.2) is 0 Å². The molecule has 1 N–H and O–H groups in total. The lowest BCUT2D eigenvalue weighted by atomic mass is 9.80. The SMILES string of the molecule is CCCCCCCCCCCCCCC(C)(CCCC)C(=O)O. The summed E-state index contributed by atoms with van der Waals surface area (Å²) in [5.41, 5.74) is -0.492. The van der Waals surface area contributed by atoms with Crippen LogP contribution in [-0.2, 0) is 4.79 Å². The maximum Gasteiger partial charge on any atom is 0.309 e. The van der Waals surface area contributed by atoms with Crippen molar-refractivity contribution in [2.75, 3.05) is 0 Å². The lowest BCUT2D eigenvalue weighted by Crippen LogP contribution is -2.27. The van der Waals surface area contributed by atoms with Gasteiger partial charge >= 0.3 is 5.97 Å². The van der Waals surface area contributed by atoms with Crippen LogP contribution in [-0.4, -0.2) is 11.1 Å². The highest BCUT2D eigenvalue weighted by Crippen LogP contribution is 2.31. The van der Waals surface area contributed by atoms with Crippen molar-refractivity contribution in [3.8, 4) is 0 Å². The van der Waals surface area contributed by atoms with Crippen molar-refractivity contribution >= 4 is 5.97 Å². The molecule has 0 aromatic heterocycles. The first-order chi connectivity index (χ1) is 11.1. The summed E-state index contributed by atoms with van der Waals surface area (Å²) in [6, 6.07) is 0. The van der Waals surface area contributed by atoms with E-state index in [2.05, 4.69) is 13.8 Å². The summed E-state index contributed by atoms with van der Waals surface area (Å²) in [5, 5.41) is 9.44. The van der Waals surface area contributed by atoms with Crippen LogP contribution in [0.25, 0.3) is 0 Å². The lowest BCUT2D eigenvalue weighted by molar-refractivity contribution is -0.149. The fourth-order valence-electron chi connectivity index (χ4n) is 3.26. The molecule has 0 amide bonds. The Kier molecular flexibility index (Phi) is 14.7. The smallest absolute Gasteiger partial charge is 0.309 e. The molecule has 0 aliphatic rings. The summed E-state index contributed by atoms with van der Waals surface area (Å²) in [4.78, 5) is 11.5. The van der Waals surface area contributed by atoms with E-state index in [0.29, 0.717) is 0 Å². The van der Waals surface area contributed by atoms with E-state index in [4.69, 9.17) is 0 Å². The van der Waals surface area contributed by atoms with Gasteiger partial charge in [-0.2, -0.15) is 0 Å². The van der Waals surface area contributed by atoms with Gasteiger partial charge in [-0.1, -0.05) is 104 Å². The predicted molar refractivity (Wildman–Crippen MR) is 101 cm³/mol. The van der Waals surface area contributed by atoms with Gasteiger partial charge in [0.25, 0.3) is 0 Å². The van der Waals surface area contributed by atoms with Crippen molar-refractivity contribution in [2.24, 2.45) is 5.41 Å². The van der Waals surface area contributed by atoms with Crippen molar-refractivity contribution in [2.45, 2.75) is 124 Å². The van der Waals surface area contributed by atoms with Crippen molar-refractivity contribution in [3.63, 3.8) is 0 Å². The summed E-state index contributed by atoms with van der Waals surface area (Å²) < 4.78 is 0. The van der Waals surface area contributed by atoms with Crippen molar-refractivity contribution < 1.29 is 9.90 Å². The number of unbranched alkanes of at least 4 members (excludes halogenated alkanes) is 12. The average Bonchev–Trinajstić information content (AvgIpc) is 2.53. The lowest BCUT2D eigenvalue weighted by Gasteiger charge is -2.24. The fraction of sp³-hybridized carbons (Fsp3) is 0.952. The highest BCUT2D eigenvalue weighted by Gasteiger charge is 2.31. The van der Waals surface area contributed by atoms with Crippen LogP contribution in [0.4, 0.5) is 0 Å². The zero-order valence-corrected chi connectivity index (χ0v) is 16.2. The molecule has 0 radical (unpaired) electrons. The molecule has 2 nitrogen and oxygen atoms in total. The minimum absolute atomic E-state index is 0.492. The van der Waals surface area contributed by atoms with E-state index < -0.39 is 11.4 Å². The van der Waals surface area contributed by atoms with Gasteiger partial charge in [-0.05, 0) is 19.8 Å². The van der Waals surface area contributed by atoms with Gasteiger partial charge in [0.2, 0.25) is 0 Å². The second-order valence-corrected chi connectivity index (χ2v) is 7.61. The first-order valence-corrected chi connectivity index (χ1v) is 10.3. The topological polar surface area (TPSA) is 37.3 Å². The van der Waals surface area contributed by atoms with Crippen LogP contribution >= 0.6 is 0 Å². The van der Waals surface area contributed by atoms with Crippen LogP contribution < -0.4 is 0 Å². The van der Waals surface area contributed by atoms with Crippen LogP contribution in [0.2, 0.25) is 0 Å². The van der Waals surface area contributed by atoms with E-state index in [1.165, 1.54) is 70.6 Å². The van der Waals surface area contributed by atoms with Gasteiger partial charge < -0.3 is 5.11 Å². The highest BCUT2D eigenvalue weighted by molar-refractivity contribution is 5.74. The van der Waals surface area contributed by atoms with Gasteiger partial charge in [0.15, 0.2) is 0 Å². The van der Waals surface area contributed by atoms with Crippen LogP contribution in [0.1, 0.15) is 124 Å². The summed E-state index contributed by atoms with van der Waals surface area (Å²) in [6.45, 7) is 6.33. The molecule has 0 aromatic carbocycles. The standard InChI is InChI=1S/C21H42O2/c1-4-6-8-9-10-11-12-13-14-15-16-17-19-21(3,20(22)23)18-7-5-2/h4-19H2,1-3H3,(H,22,23). The maximum absolute atomic E-state index is 11.5. The second kappa shape index (κ2) is 15.0. The maximum atomic E-state index is 11.5. The van der Waals surface area contributed by atoms with Crippen LogP contribution in [0, 0.1) is 5.41 Å². The molecule has 0 bridgehead atoms. The number of carboxylic acid groups (broad SMARTS) is 1. The molecule has 1 unspecified atom stereocenters. The number of carbonyl (C=O) groups is 1. The first-order valence-electron chi connectivity index (χ1n) is 10.3. The molecule has 0 saturated heterocycles. The number of carboxylic acids is 1. The van der Waals surface area contributed by atoms with E-state index >= 15 is 0 Å². The molecule has 2 heteroatoms. The van der Waals surface area contributed by atoms with Crippen molar-refractivity contribution in [1.82, 2.24) is 0 Å². The van der Waals surface area contributed by atoms with Gasteiger partial charge in [-0.15, -0.1) is 0 Å². The molecule has 0 aliphatic heterocycles. The molecule has 0 aliphatic carbocycles. The van der Waals surface area contributed by atoms with Gasteiger partial charge in [0, 0.05) is 0 Å². The quantitative estimate of drug-likeness (QED) is 0.283. The normalized spacial score (nSPS) is 13.9. The van der Waals surface area contributed by atoms with Crippen molar-refractivity contribution in [3.05, 3.63) is 0 Å². The molecule has 0 saturated carbocycles. The number of hydrogen-bond donors (Lipinski definition) is 1. The Morgan fingerprint density at radius 3 is 1.39 bits per heavy atom. The largest absolute Gasteiger partial charge is 0.481 e. The number of hydrogen-bond acceptors (Lipinski definition) is 1. The average molecular weight is 327 g/mol. The third-order valence-electron chi connectivity index (χ3n) is 5.18. The molecule has 0 spiro atoms. The summed E-state index contributed by atoms with van der Waals surface area (Å²) in [5.74, 6) is -0.603. The number of aliphatic carboxylic acids is 1. The second-order valence-electron chi connectivity index (χ2n) is 7.61. The molecule has 23 heavy (non-hydrogen) atoms. The molecule has 1 atom stereocenters. The van der Waals surface area contributed by atoms with Crippen molar-refractivity contribution in [1.29, 1.82) is 0 Å². The highest BCUT2D eigenvalue weighted by atomic mass is 16.4. The Labute approximate surface area is 145 Å². The minimum atomic E-state index is -0.603. The fourth-order valence-corrected chi connectivity index (χ4v) is 3.26. The van der Waals surface area contributed by atoms with Crippen LogP contribution in [0.3, 0.4) is 0 Å². The summed E-state index contributed by atoms with van der Waals surface area (Å²) >= 11 is 0. The summed E-state index contributed by atoms with van der Waals surface area (Å²) in [6.07, 6.45) is 19.8. The summed E-state index contributed by atoms with van der Waals surface area (Å²) in [7, 11) is 0. The first kappa shape index (κ1) is 22.5. The molecular formula is C21H42O2. The van der Waals surface area contributed by atoms with E-state index in [-0.39, 0.29) is 0 Å². The Balaban J connectivity index is 3.48. The minimum Gasteiger partial charge on any atom is -0.481 e. The van der Waals surface area contributed by atoms with Gasteiger partial charge in [0.1, 0.15) is 0 Å². The van der Waals surface area contributed by atoms with Crippen LogP contribution in [0.5, 0.6) is 0 Å². The Hall–Kier alpha value is -0.530. The Morgan fingerprint density at radius 2 is 1.00 bits per heavy atom. The van der Waals surface area contributed by atoms with E-state index in [9.17, 15) is 9.90 Å². The molecule has 0 rings (SSSR count). The van der Waals surface area contributed by atoms with E-state index in [1.54, 1.807) is 0 Å². The van der Waals surface area contributed by atoms with E-state index in [1.807, 2.05) is 6.92 Å². The monoisotopic (exact) mass is 326 g/mol. The third kappa shape index (κ3) is 12.5. The van der Waals surface area contributed by atoms with Gasteiger partial charge in [-0.25, -0.2) is 0 Å². The molecule has 0 fully saturated rings. The number of rotatable bonds is 17. The van der Waals surface area contributed by atoms with Gasteiger partial charge in [0.05, 0.1) is 5.41 Å². The molecule has 0 heterocycles. The van der Waals surface area contributed by atoms with E-state index in [0.717, 1.165) is 32.1 Å². The Morgan fingerprint density at radius 1 is 0.652 bits per heavy atom. The molecule has 138 valence electrons. The zero-order chi connectivity index (χ0) is 17.4. The van der Waals surface area contributed by atoms with Gasteiger partial charge in [-0.3, -0.25) is 4.79 Å². The Bertz CT molecular complexity index is 275. The third-order valence-corrected chi connectivity index (χ3v) is 5.18. The molecule has 0 aromatic rings. The zero-order valence-electron chi connectivity index (χ0n) is 16.2.